The van der Waals surface area contributed by atoms with E-state index in [-0.39, 0.29) is 17.2 Å². The Morgan fingerprint density at radius 1 is 0.891 bits per heavy atom. The summed E-state index contributed by atoms with van der Waals surface area (Å²) in [7, 11) is 0. The molecule has 0 bridgehead atoms. The van der Waals surface area contributed by atoms with E-state index in [0.717, 1.165) is 31.4 Å². The number of carbonyl (C=O) groups excluding carboxylic acids is 1. The number of H-pyrrole nitrogens is 1. The molecule has 46 heavy (non-hydrogen) atoms. The van der Waals surface area contributed by atoms with Crippen molar-refractivity contribution in [3.63, 3.8) is 0 Å². The highest BCUT2D eigenvalue weighted by Gasteiger charge is 2.25. The number of anilines is 1. The lowest BCUT2D eigenvalue weighted by Crippen LogP contribution is -2.23. The van der Waals surface area contributed by atoms with Crippen molar-refractivity contribution in [1.82, 2.24) is 10.3 Å². The predicted molar refractivity (Wildman–Crippen MR) is 179 cm³/mol. The molecule has 0 aliphatic rings. The summed E-state index contributed by atoms with van der Waals surface area (Å²) in [4.78, 5) is 27.1. The van der Waals surface area contributed by atoms with Crippen LogP contribution in [0, 0.1) is 0 Å². The van der Waals surface area contributed by atoms with Gasteiger partial charge in [0.1, 0.15) is 17.1 Å². The lowest BCUT2D eigenvalue weighted by Gasteiger charge is -2.25. The van der Waals surface area contributed by atoms with Crippen LogP contribution in [0.25, 0.3) is 10.9 Å². The number of aliphatic hydroxyl groups excluding tert-OH is 1. The number of aromatic nitrogens is 1. The van der Waals surface area contributed by atoms with Crippen LogP contribution in [0.15, 0.2) is 108 Å². The van der Waals surface area contributed by atoms with Gasteiger partial charge >= 0.3 is 0 Å². The van der Waals surface area contributed by atoms with Gasteiger partial charge in [-0.2, -0.15) is 0 Å². The number of nitrogens with one attached hydrogen (secondary N) is 3. The Balaban J connectivity index is 1.01. The number of aliphatic hydroxyl groups is 2. The quantitative estimate of drug-likeness (QED) is 0.0884. The molecular weight excluding hydrogens is 582 g/mol. The van der Waals surface area contributed by atoms with E-state index in [1.807, 2.05) is 42.5 Å². The number of pyridine rings is 1. The van der Waals surface area contributed by atoms with Gasteiger partial charge in [0.15, 0.2) is 0 Å². The minimum Gasteiger partial charge on any atom is -0.506 e. The van der Waals surface area contributed by atoms with E-state index in [0.29, 0.717) is 52.2 Å². The number of phenolic OH excluding ortho intramolecular Hbond substituents is 1. The number of phenols is 1. The van der Waals surface area contributed by atoms with E-state index in [2.05, 4.69) is 15.6 Å². The number of aromatic amines is 1. The van der Waals surface area contributed by atoms with Crippen LogP contribution in [-0.2, 0) is 5.60 Å². The van der Waals surface area contributed by atoms with Crippen molar-refractivity contribution < 1.29 is 24.9 Å². The zero-order chi connectivity index (χ0) is 32.5. The number of ether oxygens (including phenoxy) is 1. The molecule has 2 unspecified atom stereocenters. The minimum absolute atomic E-state index is 0.0338. The first-order valence-corrected chi connectivity index (χ1v) is 15.4. The molecule has 1 amide bonds. The number of hydrogen-bond acceptors (Lipinski definition) is 7. The van der Waals surface area contributed by atoms with E-state index < -0.39 is 11.7 Å². The van der Waals surface area contributed by atoms with Gasteiger partial charge in [0, 0.05) is 29.2 Å². The van der Waals surface area contributed by atoms with E-state index in [1.165, 1.54) is 12.1 Å². The second-order valence-corrected chi connectivity index (χ2v) is 11.4. The van der Waals surface area contributed by atoms with Gasteiger partial charge in [0.25, 0.3) is 5.91 Å². The number of hydrogen-bond donors (Lipinski definition) is 6. The monoisotopic (exact) mass is 621 g/mol. The number of fused-ring (bicyclic) bond motifs is 1. The van der Waals surface area contributed by atoms with E-state index in [1.54, 1.807) is 55.5 Å². The molecule has 1 heterocycles. The summed E-state index contributed by atoms with van der Waals surface area (Å²) in [6.07, 6.45) is 1.90. The van der Waals surface area contributed by atoms with Crippen molar-refractivity contribution in [1.29, 1.82) is 0 Å². The van der Waals surface area contributed by atoms with Crippen molar-refractivity contribution in [2.24, 2.45) is 0 Å². The molecular formula is C37H39N3O6. The van der Waals surface area contributed by atoms with Crippen LogP contribution < -0.4 is 20.9 Å². The van der Waals surface area contributed by atoms with Gasteiger partial charge in [0.05, 0.1) is 18.2 Å². The zero-order valence-corrected chi connectivity index (χ0v) is 25.7. The lowest BCUT2D eigenvalue weighted by molar-refractivity contribution is 0.101. The summed E-state index contributed by atoms with van der Waals surface area (Å²) in [6.45, 7) is 3.34. The molecule has 5 rings (SSSR count). The van der Waals surface area contributed by atoms with Crippen LogP contribution in [0.4, 0.5) is 5.69 Å². The van der Waals surface area contributed by atoms with Crippen LogP contribution in [0.3, 0.4) is 0 Å². The first-order valence-electron chi connectivity index (χ1n) is 15.4. The average Bonchev–Trinajstić information content (AvgIpc) is 3.07. The Kier molecular flexibility index (Phi) is 10.5. The predicted octanol–water partition coefficient (Wildman–Crippen LogP) is 5.61. The molecule has 6 N–H and O–H groups in total. The fourth-order valence-electron chi connectivity index (χ4n) is 5.35. The van der Waals surface area contributed by atoms with Crippen molar-refractivity contribution in [2.75, 3.05) is 25.0 Å². The topological polar surface area (TPSA) is 144 Å². The van der Waals surface area contributed by atoms with Gasteiger partial charge in [-0.15, -0.1) is 0 Å². The van der Waals surface area contributed by atoms with Crippen molar-refractivity contribution in [3.8, 4) is 11.5 Å². The average molecular weight is 622 g/mol. The number of unbranched alkanes of at least 4 members (excludes halogenated alkanes) is 2. The number of carbonyl (C=O) groups is 1. The molecule has 9 heteroatoms. The van der Waals surface area contributed by atoms with Crippen LogP contribution in [0.5, 0.6) is 11.5 Å². The van der Waals surface area contributed by atoms with E-state index in [4.69, 9.17) is 4.74 Å². The normalized spacial score (nSPS) is 13.2. The standard InChI is InChI=1S/C37H39N3O6/c1-37(45,26-9-4-2-5-10-26)27-11-8-12-28(23-27)39-36(44)25-13-15-29(16-14-25)46-22-7-3-6-21-38-24-33(42)30-17-19-32(41)35-31(30)18-20-34(43)40-35/h2,4-5,8-20,23,33,38,41-42,45H,3,6-7,21-22,24H2,1H3,(H,39,44)(H,40,43). The highest BCUT2D eigenvalue weighted by molar-refractivity contribution is 6.04. The van der Waals surface area contributed by atoms with Crippen LogP contribution in [0.1, 0.15) is 59.3 Å². The highest BCUT2D eigenvalue weighted by atomic mass is 16.5. The Labute approximate surface area is 267 Å². The van der Waals surface area contributed by atoms with Crippen LogP contribution >= 0.6 is 0 Å². The maximum Gasteiger partial charge on any atom is 0.255 e. The molecule has 0 saturated heterocycles. The molecule has 0 spiro atoms. The third-order valence-corrected chi connectivity index (χ3v) is 8.01. The Hall–Kier alpha value is -4.96. The van der Waals surface area contributed by atoms with Gasteiger partial charge in [0.2, 0.25) is 5.56 Å². The molecule has 2 atom stereocenters. The van der Waals surface area contributed by atoms with Crippen LogP contribution in [-0.4, -0.2) is 45.9 Å². The molecule has 5 aromatic rings. The minimum atomic E-state index is -1.20. The first kappa shape index (κ1) is 32.4. The van der Waals surface area contributed by atoms with Gasteiger partial charge < -0.3 is 35.7 Å². The summed E-state index contributed by atoms with van der Waals surface area (Å²) in [5, 5.41) is 38.6. The van der Waals surface area contributed by atoms with Gasteiger partial charge in [-0.3, -0.25) is 9.59 Å². The fraction of sp³-hybridized carbons (Fsp3) is 0.243. The molecule has 0 aliphatic heterocycles. The lowest BCUT2D eigenvalue weighted by atomic mass is 9.88. The number of aromatic hydroxyl groups is 1. The Morgan fingerprint density at radius 2 is 1.65 bits per heavy atom. The van der Waals surface area contributed by atoms with E-state index >= 15 is 0 Å². The van der Waals surface area contributed by atoms with Gasteiger partial charge in [-0.1, -0.05) is 48.5 Å². The third kappa shape index (κ3) is 8.00. The van der Waals surface area contributed by atoms with Crippen molar-refractivity contribution in [2.45, 2.75) is 37.9 Å². The second kappa shape index (κ2) is 14.9. The largest absolute Gasteiger partial charge is 0.506 e. The van der Waals surface area contributed by atoms with Gasteiger partial charge in [-0.25, -0.2) is 0 Å². The number of amides is 1. The maximum atomic E-state index is 12.9. The Bertz CT molecular complexity index is 1820. The summed E-state index contributed by atoms with van der Waals surface area (Å²) in [5.74, 6) is 0.392. The second-order valence-electron chi connectivity index (χ2n) is 11.4. The molecule has 238 valence electrons. The smallest absolute Gasteiger partial charge is 0.255 e. The first-order chi connectivity index (χ1) is 22.2. The molecule has 1 aromatic heterocycles. The summed E-state index contributed by atoms with van der Waals surface area (Å²) in [5.41, 5.74) is 1.97. The van der Waals surface area contributed by atoms with Crippen molar-refractivity contribution >= 4 is 22.5 Å². The number of benzene rings is 4. The molecule has 0 aliphatic carbocycles. The third-order valence-electron chi connectivity index (χ3n) is 8.01. The summed E-state index contributed by atoms with van der Waals surface area (Å²) < 4.78 is 5.85. The molecule has 4 aromatic carbocycles. The number of rotatable bonds is 14. The zero-order valence-electron chi connectivity index (χ0n) is 25.7. The summed E-state index contributed by atoms with van der Waals surface area (Å²) >= 11 is 0. The van der Waals surface area contributed by atoms with Gasteiger partial charge in [-0.05, 0) is 98.0 Å². The maximum absolute atomic E-state index is 12.9. The molecule has 0 fully saturated rings. The highest BCUT2D eigenvalue weighted by Crippen LogP contribution is 2.31. The fourth-order valence-corrected chi connectivity index (χ4v) is 5.35. The van der Waals surface area contributed by atoms with E-state index in [9.17, 15) is 24.9 Å². The van der Waals surface area contributed by atoms with Crippen molar-refractivity contribution in [3.05, 3.63) is 136 Å². The Morgan fingerprint density at radius 3 is 2.43 bits per heavy atom. The summed E-state index contributed by atoms with van der Waals surface area (Å²) in [6, 6.07) is 29.7. The molecule has 0 radical (unpaired) electrons. The van der Waals surface area contributed by atoms with Crippen LogP contribution in [0.2, 0.25) is 0 Å². The SMILES string of the molecule is CC(O)(c1ccccc1)c1cccc(NC(=O)c2ccc(OCCCCCNCC(O)c3ccc(O)c4[nH]c(=O)ccc34)cc2)c1. The molecule has 0 saturated carbocycles. The molecule has 9 nitrogen and oxygen atoms in total.